The molecule has 0 unspecified atom stereocenters. The van der Waals surface area contributed by atoms with Gasteiger partial charge in [-0.05, 0) is 74.8 Å². The molecule has 0 saturated heterocycles. The molecule has 300 valence electrons. The van der Waals surface area contributed by atoms with E-state index in [1.165, 1.54) is 101 Å². The molecule has 0 aliphatic carbocycles. The summed E-state index contributed by atoms with van der Waals surface area (Å²) in [5.74, 6) is 0. The van der Waals surface area contributed by atoms with Gasteiger partial charge in [-0.1, -0.05) is 194 Å². The van der Waals surface area contributed by atoms with E-state index in [4.69, 9.17) is 0 Å². The summed E-state index contributed by atoms with van der Waals surface area (Å²) in [4.78, 5) is 0. The van der Waals surface area contributed by atoms with Crippen LogP contribution in [0.1, 0.15) is 0 Å². The number of fused-ring (bicyclic) bond motifs is 9. The Morgan fingerprint density at radius 2 is 0.844 bits per heavy atom. The maximum atomic E-state index is 2.54. The van der Waals surface area contributed by atoms with Crippen LogP contribution >= 0.6 is 11.3 Å². The predicted octanol–water partition coefficient (Wildman–Crippen LogP) is 13.3. The lowest BCUT2D eigenvalue weighted by atomic mass is 10.0. The van der Waals surface area contributed by atoms with E-state index in [1.54, 1.807) is 0 Å². The van der Waals surface area contributed by atoms with Gasteiger partial charge in [0.2, 0.25) is 0 Å². The number of hydrogen-bond donors (Lipinski definition) is 0. The van der Waals surface area contributed by atoms with Crippen LogP contribution < -0.4 is 20.7 Å². The summed E-state index contributed by atoms with van der Waals surface area (Å²) in [7, 11) is -2.68. The maximum Gasteiger partial charge on any atom is 0.179 e. The summed E-state index contributed by atoms with van der Waals surface area (Å²) >= 11 is 1.88. The number of thiophene rings is 1. The lowest BCUT2D eigenvalue weighted by Crippen LogP contribution is -2.74. The molecule has 3 heterocycles. The molecule has 0 radical (unpaired) electrons. The molecule has 64 heavy (non-hydrogen) atoms. The normalized spacial score (nSPS) is 12.1. The Labute approximate surface area is 376 Å². The van der Waals surface area contributed by atoms with E-state index in [0.717, 1.165) is 5.69 Å². The largest absolute Gasteiger partial charge is 0.309 e. The van der Waals surface area contributed by atoms with Gasteiger partial charge >= 0.3 is 0 Å². The molecule has 0 N–H and O–H groups in total. The molecule has 0 atom stereocenters. The lowest BCUT2D eigenvalue weighted by Gasteiger charge is -2.34. The standard InChI is InChI=1S/C60H40N2SSi/c1-4-18-43(19-5-1)64(44-20-6-2-7-21-44,45-22-8-3-9-23-45)46-37-35-42(36-38-46)61-54-30-14-11-26-52(54)59-55(61)31-17-32-56(59)62-53-29-13-10-24-48(53)51-28-16-27-47(60(51)62)41-34-39-50-49-25-12-15-33-57(49)63-58(50)40-41/h1-40H. The number of benzene rings is 10. The van der Waals surface area contributed by atoms with Crippen LogP contribution in [0.4, 0.5) is 0 Å². The molecule has 13 rings (SSSR count). The highest BCUT2D eigenvalue weighted by molar-refractivity contribution is 7.25. The molecule has 3 aromatic heterocycles. The summed E-state index contributed by atoms with van der Waals surface area (Å²) in [5, 5.41) is 13.1. The van der Waals surface area contributed by atoms with Gasteiger partial charge in [-0.2, -0.15) is 0 Å². The summed E-state index contributed by atoms with van der Waals surface area (Å²) in [6, 6.07) is 90.4. The van der Waals surface area contributed by atoms with Gasteiger partial charge in [0.05, 0.1) is 27.8 Å². The molecule has 0 fully saturated rings. The van der Waals surface area contributed by atoms with Crippen LogP contribution in [-0.2, 0) is 0 Å². The molecule has 10 aromatic carbocycles. The second-order valence-electron chi connectivity index (χ2n) is 16.8. The van der Waals surface area contributed by atoms with E-state index >= 15 is 0 Å². The number of rotatable bonds is 7. The average Bonchev–Trinajstić information content (AvgIpc) is 4.03. The minimum absolute atomic E-state index is 1.14. The minimum Gasteiger partial charge on any atom is -0.309 e. The zero-order valence-corrected chi connectivity index (χ0v) is 36.7. The molecule has 0 amide bonds. The van der Waals surface area contributed by atoms with Gasteiger partial charge in [0.15, 0.2) is 8.07 Å². The van der Waals surface area contributed by atoms with Crippen molar-refractivity contribution in [2.45, 2.75) is 0 Å². The van der Waals surface area contributed by atoms with E-state index in [-0.39, 0.29) is 0 Å². The Kier molecular flexibility index (Phi) is 8.45. The maximum absolute atomic E-state index is 2.68. The number of nitrogens with zero attached hydrogens (tertiary/aromatic N) is 2. The Bertz CT molecular complexity index is 3790. The highest BCUT2D eigenvalue weighted by atomic mass is 32.1. The van der Waals surface area contributed by atoms with E-state index in [9.17, 15) is 0 Å². The second kappa shape index (κ2) is 14.7. The van der Waals surface area contributed by atoms with Crippen LogP contribution in [0.5, 0.6) is 0 Å². The average molecular weight is 849 g/mol. The zero-order valence-electron chi connectivity index (χ0n) is 34.9. The smallest absolute Gasteiger partial charge is 0.179 e. The summed E-state index contributed by atoms with van der Waals surface area (Å²) in [5.41, 5.74) is 9.56. The third-order valence-corrected chi connectivity index (χ3v) is 19.4. The first-order chi connectivity index (χ1) is 31.8. The van der Waals surface area contributed by atoms with Gasteiger partial charge in [0, 0.05) is 53.0 Å². The highest BCUT2D eigenvalue weighted by Gasteiger charge is 2.41. The van der Waals surface area contributed by atoms with E-state index < -0.39 is 8.07 Å². The van der Waals surface area contributed by atoms with Gasteiger partial charge in [-0.3, -0.25) is 0 Å². The van der Waals surface area contributed by atoms with Crippen molar-refractivity contribution >= 4 is 104 Å². The molecule has 2 nitrogen and oxygen atoms in total. The molecule has 0 bridgehead atoms. The number of para-hydroxylation sites is 3. The topological polar surface area (TPSA) is 9.86 Å². The molecule has 13 aromatic rings. The monoisotopic (exact) mass is 848 g/mol. The van der Waals surface area contributed by atoms with Crippen LogP contribution in [0, 0.1) is 0 Å². The fourth-order valence-electron chi connectivity index (χ4n) is 10.8. The SMILES string of the molecule is c1ccc([Si](c2ccccc2)(c2ccccc2)c2ccc(-n3c4ccccc4c4c(-n5c6ccccc6c6cccc(-c7ccc8c(c7)sc7ccccc78)c65)cccc43)cc2)cc1. The Morgan fingerprint density at radius 1 is 0.328 bits per heavy atom. The van der Waals surface area contributed by atoms with Crippen molar-refractivity contribution in [3.05, 3.63) is 243 Å². The zero-order chi connectivity index (χ0) is 42.2. The Balaban J connectivity index is 1.04. The fraction of sp³-hybridized carbons (Fsp3) is 0. The van der Waals surface area contributed by atoms with Crippen LogP contribution in [-0.4, -0.2) is 17.2 Å². The molecular weight excluding hydrogens is 809 g/mol. The molecule has 0 aliphatic rings. The van der Waals surface area contributed by atoms with Crippen molar-refractivity contribution < 1.29 is 0 Å². The molecule has 0 saturated carbocycles. The van der Waals surface area contributed by atoms with Crippen LogP contribution in [0.2, 0.25) is 0 Å². The summed E-state index contributed by atoms with van der Waals surface area (Å²) in [6.07, 6.45) is 0. The molecule has 4 heteroatoms. The molecule has 0 aliphatic heterocycles. The fourth-order valence-corrected chi connectivity index (χ4v) is 16.7. The first-order valence-corrected chi connectivity index (χ1v) is 24.8. The first kappa shape index (κ1) is 36.9. The van der Waals surface area contributed by atoms with Crippen molar-refractivity contribution in [1.82, 2.24) is 9.13 Å². The minimum atomic E-state index is -2.68. The van der Waals surface area contributed by atoms with Crippen molar-refractivity contribution in [1.29, 1.82) is 0 Å². The number of aromatic nitrogens is 2. The van der Waals surface area contributed by atoms with E-state index in [2.05, 4.69) is 252 Å². The Morgan fingerprint density at radius 3 is 1.53 bits per heavy atom. The highest BCUT2D eigenvalue weighted by Crippen LogP contribution is 2.44. The number of hydrogen-bond acceptors (Lipinski definition) is 1. The van der Waals surface area contributed by atoms with E-state index in [1.807, 2.05) is 11.3 Å². The quantitative estimate of drug-likeness (QED) is 0.112. The van der Waals surface area contributed by atoms with Crippen LogP contribution in [0.3, 0.4) is 0 Å². The first-order valence-electron chi connectivity index (χ1n) is 22.0. The van der Waals surface area contributed by atoms with Crippen molar-refractivity contribution in [2.24, 2.45) is 0 Å². The van der Waals surface area contributed by atoms with Gasteiger partial charge in [0.25, 0.3) is 0 Å². The van der Waals surface area contributed by atoms with Gasteiger partial charge in [-0.15, -0.1) is 11.3 Å². The van der Waals surface area contributed by atoms with Crippen molar-refractivity contribution in [2.75, 3.05) is 0 Å². The van der Waals surface area contributed by atoms with Gasteiger partial charge in [-0.25, -0.2) is 0 Å². The molecular formula is C60H40N2SSi. The summed E-state index contributed by atoms with van der Waals surface area (Å²) in [6.45, 7) is 0. The van der Waals surface area contributed by atoms with Crippen molar-refractivity contribution in [3.63, 3.8) is 0 Å². The van der Waals surface area contributed by atoms with Crippen molar-refractivity contribution in [3.8, 4) is 22.5 Å². The Hall–Kier alpha value is -7.76. The predicted molar refractivity (Wildman–Crippen MR) is 277 cm³/mol. The lowest BCUT2D eigenvalue weighted by molar-refractivity contribution is 1.17. The third kappa shape index (κ3) is 5.43. The third-order valence-electron chi connectivity index (χ3n) is 13.5. The van der Waals surface area contributed by atoms with Gasteiger partial charge < -0.3 is 9.13 Å². The van der Waals surface area contributed by atoms with Crippen LogP contribution in [0.25, 0.3) is 86.3 Å². The molecule has 0 spiro atoms. The van der Waals surface area contributed by atoms with Gasteiger partial charge in [0.1, 0.15) is 0 Å². The van der Waals surface area contributed by atoms with Crippen LogP contribution in [0.15, 0.2) is 243 Å². The summed E-state index contributed by atoms with van der Waals surface area (Å²) < 4.78 is 7.64. The van der Waals surface area contributed by atoms with E-state index in [0.29, 0.717) is 0 Å². The second-order valence-corrected chi connectivity index (χ2v) is 21.7.